The van der Waals surface area contributed by atoms with E-state index in [9.17, 15) is 0 Å². The summed E-state index contributed by atoms with van der Waals surface area (Å²) in [6, 6.07) is 8.77. The fraction of sp³-hybridized carbons (Fsp3) is 0.412. The molecule has 2 fully saturated rings. The molecule has 3 atom stereocenters. The quantitative estimate of drug-likeness (QED) is 0.829. The number of hydrogen-bond donors (Lipinski definition) is 2. The number of nitrogens with zero attached hydrogens (tertiary/aromatic N) is 1. The maximum Gasteiger partial charge on any atom is 0.171 e. The van der Waals surface area contributed by atoms with Crippen molar-refractivity contribution in [1.29, 1.82) is 0 Å². The summed E-state index contributed by atoms with van der Waals surface area (Å²) in [5, 5.41) is 9.93. The summed E-state index contributed by atoms with van der Waals surface area (Å²) in [6.45, 7) is 0. The molecule has 2 aliphatic rings. The lowest BCUT2D eigenvalue weighted by Gasteiger charge is -2.24. The highest BCUT2D eigenvalue weighted by Gasteiger charge is 2.39. The van der Waals surface area contributed by atoms with Crippen LogP contribution in [0.4, 0.5) is 5.69 Å². The lowest BCUT2D eigenvalue weighted by molar-refractivity contribution is 0.392. The number of fused-ring (bicyclic) bond motifs is 3. The minimum atomic E-state index is 0.570. The Labute approximate surface area is 130 Å². The second-order valence-electron chi connectivity index (χ2n) is 6.28. The lowest BCUT2D eigenvalue weighted by Crippen LogP contribution is -2.40. The van der Waals surface area contributed by atoms with Crippen LogP contribution in [0.15, 0.2) is 36.7 Å². The van der Waals surface area contributed by atoms with Gasteiger partial charge in [-0.25, -0.2) is 0 Å². The van der Waals surface area contributed by atoms with Crippen LogP contribution in [0.3, 0.4) is 0 Å². The Balaban J connectivity index is 1.48. The maximum absolute atomic E-state index is 5.51. The molecule has 0 radical (unpaired) electrons. The van der Waals surface area contributed by atoms with E-state index in [4.69, 9.17) is 12.2 Å². The Bertz CT molecular complexity index is 679. The summed E-state index contributed by atoms with van der Waals surface area (Å²) in [5.74, 6) is 1.75. The van der Waals surface area contributed by atoms with Gasteiger partial charge >= 0.3 is 0 Å². The van der Waals surface area contributed by atoms with Crippen molar-refractivity contribution in [2.45, 2.75) is 31.7 Å². The van der Waals surface area contributed by atoms with Crippen LogP contribution in [0.1, 0.15) is 25.7 Å². The summed E-state index contributed by atoms with van der Waals surface area (Å²) in [7, 11) is 0. The molecule has 0 amide bonds. The maximum atomic E-state index is 5.51. The van der Waals surface area contributed by atoms with E-state index < -0.39 is 0 Å². The zero-order valence-corrected chi connectivity index (χ0v) is 12.7. The average Bonchev–Trinajstić information content (AvgIpc) is 3.10. The average molecular weight is 297 g/mol. The molecule has 2 aromatic rings. The van der Waals surface area contributed by atoms with E-state index in [2.05, 4.69) is 27.8 Å². The van der Waals surface area contributed by atoms with Gasteiger partial charge < -0.3 is 10.6 Å². The first-order valence-electron chi connectivity index (χ1n) is 7.70. The molecule has 3 nitrogen and oxygen atoms in total. The summed E-state index contributed by atoms with van der Waals surface area (Å²) in [4.78, 5) is 4.17. The first-order valence-corrected chi connectivity index (χ1v) is 8.10. The Kier molecular flexibility index (Phi) is 3.26. The predicted molar refractivity (Wildman–Crippen MR) is 90.3 cm³/mol. The Morgan fingerprint density at radius 3 is 2.95 bits per heavy atom. The van der Waals surface area contributed by atoms with Gasteiger partial charge in [0.2, 0.25) is 0 Å². The highest BCUT2D eigenvalue weighted by molar-refractivity contribution is 7.80. The molecule has 4 rings (SSSR count). The first-order chi connectivity index (χ1) is 10.3. The van der Waals surface area contributed by atoms with E-state index in [1.165, 1.54) is 25.7 Å². The standard InChI is InChI=1S/C17H19N3S/c21-17(20-16-9-11-4-5-12(16)8-11)19-15-3-1-2-13-10-18-7-6-14(13)15/h1-3,6-7,10-12,16H,4-5,8-9H2,(H2,19,20,21)/t11-,12-,16-/m0/s1. The number of aromatic nitrogens is 1. The van der Waals surface area contributed by atoms with Crippen LogP contribution < -0.4 is 10.6 Å². The van der Waals surface area contributed by atoms with Gasteiger partial charge in [-0.3, -0.25) is 4.98 Å². The van der Waals surface area contributed by atoms with Crippen LogP contribution in [-0.4, -0.2) is 16.1 Å². The third-order valence-electron chi connectivity index (χ3n) is 4.98. The molecule has 0 saturated heterocycles. The van der Waals surface area contributed by atoms with E-state index in [0.29, 0.717) is 6.04 Å². The van der Waals surface area contributed by atoms with E-state index in [1.54, 1.807) is 0 Å². The normalized spacial score (nSPS) is 27.0. The van der Waals surface area contributed by atoms with Crippen molar-refractivity contribution in [2.75, 3.05) is 5.32 Å². The number of pyridine rings is 1. The van der Waals surface area contributed by atoms with E-state index in [1.807, 2.05) is 24.5 Å². The number of hydrogen-bond acceptors (Lipinski definition) is 2. The van der Waals surface area contributed by atoms with Gasteiger partial charge in [-0.15, -0.1) is 0 Å². The van der Waals surface area contributed by atoms with Gasteiger partial charge in [0.1, 0.15) is 0 Å². The Morgan fingerprint density at radius 2 is 2.14 bits per heavy atom. The van der Waals surface area contributed by atoms with Gasteiger partial charge in [0, 0.05) is 34.9 Å². The van der Waals surface area contributed by atoms with Gasteiger partial charge in [-0.05, 0) is 55.4 Å². The topological polar surface area (TPSA) is 37.0 Å². The molecular formula is C17H19N3S. The molecule has 0 unspecified atom stereocenters. The molecule has 4 heteroatoms. The molecule has 108 valence electrons. The van der Waals surface area contributed by atoms with Crippen LogP contribution >= 0.6 is 12.2 Å². The zero-order valence-electron chi connectivity index (χ0n) is 11.9. The highest BCUT2D eigenvalue weighted by atomic mass is 32.1. The van der Waals surface area contributed by atoms with Crippen LogP contribution in [0.25, 0.3) is 10.8 Å². The molecule has 1 heterocycles. The lowest BCUT2D eigenvalue weighted by atomic mass is 9.95. The second kappa shape index (κ2) is 5.26. The third kappa shape index (κ3) is 2.48. The second-order valence-corrected chi connectivity index (χ2v) is 6.69. The minimum Gasteiger partial charge on any atom is -0.359 e. The largest absolute Gasteiger partial charge is 0.359 e. The van der Waals surface area contributed by atoms with Crippen molar-refractivity contribution >= 4 is 33.8 Å². The molecule has 2 saturated carbocycles. The van der Waals surface area contributed by atoms with Crippen molar-refractivity contribution < 1.29 is 0 Å². The van der Waals surface area contributed by atoms with E-state index in [-0.39, 0.29) is 0 Å². The molecule has 1 aromatic heterocycles. The fourth-order valence-electron chi connectivity index (χ4n) is 3.98. The van der Waals surface area contributed by atoms with Crippen molar-refractivity contribution in [1.82, 2.24) is 10.3 Å². The minimum absolute atomic E-state index is 0.570. The molecule has 2 N–H and O–H groups in total. The van der Waals surface area contributed by atoms with Crippen molar-refractivity contribution in [2.24, 2.45) is 11.8 Å². The van der Waals surface area contributed by atoms with Crippen molar-refractivity contribution in [3.63, 3.8) is 0 Å². The number of rotatable bonds is 2. The van der Waals surface area contributed by atoms with Gasteiger partial charge in [-0.1, -0.05) is 18.6 Å². The van der Waals surface area contributed by atoms with Crippen LogP contribution in [-0.2, 0) is 0 Å². The molecule has 2 aliphatic carbocycles. The molecule has 2 bridgehead atoms. The summed E-state index contributed by atoms with van der Waals surface area (Å²) in [6.07, 6.45) is 9.16. The molecule has 21 heavy (non-hydrogen) atoms. The summed E-state index contributed by atoms with van der Waals surface area (Å²) >= 11 is 5.51. The van der Waals surface area contributed by atoms with Gasteiger partial charge in [0.25, 0.3) is 0 Å². The SMILES string of the molecule is S=C(Nc1cccc2cnccc12)N[C@H]1C[C@H]2CC[C@H]1C2. The number of benzene rings is 1. The Hall–Kier alpha value is -1.68. The summed E-state index contributed by atoms with van der Waals surface area (Å²) in [5.41, 5.74) is 1.05. The molecule has 0 spiro atoms. The Morgan fingerprint density at radius 1 is 1.19 bits per heavy atom. The van der Waals surface area contributed by atoms with E-state index >= 15 is 0 Å². The number of nitrogens with one attached hydrogen (secondary N) is 2. The first kappa shape index (κ1) is 13.0. The fourth-order valence-corrected chi connectivity index (χ4v) is 4.24. The highest BCUT2D eigenvalue weighted by Crippen LogP contribution is 2.44. The summed E-state index contributed by atoms with van der Waals surface area (Å²) < 4.78 is 0. The third-order valence-corrected chi connectivity index (χ3v) is 5.20. The van der Waals surface area contributed by atoms with Crippen LogP contribution in [0.5, 0.6) is 0 Å². The zero-order chi connectivity index (χ0) is 14.2. The predicted octanol–water partition coefficient (Wildman–Crippen LogP) is 3.71. The van der Waals surface area contributed by atoms with Crippen molar-refractivity contribution in [3.8, 4) is 0 Å². The van der Waals surface area contributed by atoms with Crippen molar-refractivity contribution in [3.05, 3.63) is 36.7 Å². The van der Waals surface area contributed by atoms with Gasteiger partial charge in [0.05, 0.1) is 0 Å². The van der Waals surface area contributed by atoms with Gasteiger partial charge in [0.15, 0.2) is 5.11 Å². The van der Waals surface area contributed by atoms with Gasteiger partial charge in [-0.2, -0.15) is 0 Å². The van der Waals surface area contributed by atoms with Crippen LogP contribution in [0, 0.1) is 11.8 Å². The monoisotopic (exact) mass is 297 g/mol. The van der Waals surface area contributed by atoms with Crippen LogP contribution in [0.2, 0.25) is 0 Å². The molecule has 0 aliphatic heterocycles. The smallest absolute Gasteiger partial charge is 0.171 e. The number of anilines is 1. The molecule has 1 aromatic carbocycles. The molecular weight excluding hydrogens is 278 g/mol. The van der Waals surface area contributed by atoms with E-state index in [0.717, 1.165) is 33.4 Å². The number of thiocarbonyl (C=S) groups is 1.